The molecule has 21 heavy (non-hydrogen) atoms. The van der Waals surface area contributed by atoms with Crippen molar-refractivity contribution in [3.05, 3.63) is 53.3 Å². The van der Waals surface area contributed by atoms with Crippen molar-refractivity contribution in [1.82, 2.24) is 0 Å². The van der Waals surface area contributed by atoms with Gasteiger partial charge < -0.3 is 5.73 Å². The van der Waals surface area contributed by atoms with Crippen LogP contribution in [0.2, 0.25) is 0 Å². The van der Waals surface area contributed by atoms with Crippen LogP contribution < -0.4 is 10.5 Å². The molecule has 4 nitrogen and oxygen atoms in total. The lowest BCUT2D eigenvalue weighted by Crippen LogP contribution is -2.13. The normalized spacial score (nSPS) is 14.0. The first-order valence-electron chi connectivity index (χ1n) is 6.65. The Morgan fingerprint density at radius 1 is 1.05 bits per heavy atom. The maximum Gasteiger partial charge on any atom is 0.261 e. The predicted molar refractivity (Wildman–Crippen MR) is 80.1 cm³/mol. The maximum absolute atomic E-state index is 13.4. The largest absolute Gasteiger partial charge is 0.396 e. The number of aryl methyl sites for hydroxylation is 2. The lowest BCUT2D eigenvalue weighted by molar-refractivity contribution is 0.601. The summed E-state index contributed by atoms with van der Waals surface area (Å²) in [5, 5.41) is 0. The van der Waals surface area contributed by atoms with E-state index in [0.717, 1.165) is 30.9 Å². The first-order chi connectivity index (χ1) is 9.95. The maximum atomic E-state index is 13.4. The van der Waals surface area contributed by atoms with E-state index in [2.05, 4.69) is 4.72 Å². The molecule has 6 heteroatoms. The molecule has 0 aliphatic heterocycles. The first kappa shape index (κ1) is 13.9. The highest BCUT2D eigenvalue weighted by atomic mass is 32.2. The average Bonchev–Trinajstić information content (AvgIpc) is 2.90. The lowest BCUT2D eigenvalue weighted by atomic mass is 10.1. The third-order valence-electron chi connectivity index (χ3n) is 3.63. The predicted octanol–water partition coefficient (Wildman–Crippen LogP) is 2.70. The van der Waals surface area contributed by atoms with Crippen molar-refractivity contribution < 1.29 is 12.8 Å². The number of anilines is 2. The molecule has 0 saturated carbocycles. The molecule has 2 aromatic rings. The van der Waals surface area contributed by atoms with Gasteiger partial charge in [0.1, 0.15) is 5.82 Å². The summed E-state index contributed by atoms with van der Waals surface area (Å²) in [6.07, 6.45) is 2.94. The second kappa shape index (κ2) is 5.04. The zero-order chi connectivity index (χ0) is 15.0. The number of nitrogens with one attached hydrogen (secondary N) is 1. The van der Waals surface area contributed by atoms with E-state index >= 15 is 0 Å². The van der Waals surface area contributed by atoms with Crippen molar-refractivity contribution in [2.75, 3.05) is 10.5 Å². The minimum atomic E-state index is -3.72. The molecule has 0 atom stereocenters. The summed E-state index contributed by atoms with van der Waals surface area (Å²) in [5.41, 5.74) is 7.78. The van der Waals surface area contributed by atoms with Gasteiger partial charge in [-0.05, 0) is 54.7 Å². The van der Waals surface area contributed by atoms with Crippen molar-refractivity contribution >= 4 is 21.4 Å². The average molecular weight is 306 g/mol. The Bertz CT molecular complexity index is 803. The third kappa shape index (κ3) is 2.71. The van der Waals surface area contributed by atoms with E-state index in [-0.39, 0.29) is 16.3 Å². The molecular formula is C15H15FN2O2S. The SMILES string of the molecule is Nc1ccc(NS(=O)(=O)c2ccc3c(c2)CCC3)cc1F. The number of halogens is 1. The minimum absolute atomic E-state index is 0.0181. The first-order valence-corrected chi connectivity index (χ1v) is 8.14. The second-order valence-electron chi connectivity index (χ2n) is 5.13. The van der Waals surface area contributed by atoms with E-state index in [1.165, 1.54) is 17.7 Å². The second-order valence-corrected chi connectivity index (χ2v) is 6.81. The number of sulfonamides is 1. The number of nitrogens with two attached hydrogens (primary N) is 1. The summed E-state index contributed by atoms with van der Waals surface area (Å²) >= 11 is 0. The number of benzene rings is 2. The molecule has 3 rings (SSSR count). The topological polar surface area (TPSA) is 72.2 Å². The zero-order valence-electron chi connectivity index (χ0n) is 11.3. The van der Waals surface area contributed by atoms with Crippen molar-refractivity contribution in [3.63, 3.8) is 0 Å². The molecule has 2 aromatic carbocycles. The fourth-order valence-corrected chi connectivity index (χ4v) is 3.62. The number of hydrogen-bond donors (Lipinski definition) is 2. The van der Waals surface area contributed by atoms with Gasteiger partial charge in [0.2, 0.25) is 0 Å². The summed E-state index contributed by atoms with van der Waals surface area (Å²) in [5.74, 6) is -0.649. The van der Waals surface area contributed by atoms with Gasteiger partial charge in [0.15, 0.2) is 0 Å². The molecule has 0 bridgehead atoms. The van der Waals surface area contributed by atoms with Crippen molar-refractivity contribution in [2.24, 2.45) is 0 Å². The van der Waals surface area contributed by atoms with Gasteiger partial charge >= 0.3 is 0 Å². The van der Waals surface area contributed by atoms with Gasteiger partial charge in [-0.15, -0.1) is 0 Å². The highest BCUT2D eigenvalue weighted by Gasteiger charge is 2.18. The molecule has 0 spiro atoms. The molecule has 3 N–H and O–H groups in total. The molecule has 0 radical (unpaired) electrons. The van der Waals surface area contributed by atoms with E-state index in [1.807, 2.05) is 6.07 Å². The molecule has 0 amide bonds. The van der Waals surface area contributed by atoms with Gasteiger partial charge in [0, 0.05) is 6.07 Å². The van der Waals surface area contributed by atoms with Crippen LogP contribution in [0.5, 0.6) is 0 Å². The van der Waals surface area contributed by atoms with Crippen molar-refractivity contribution in [2.45, 2.75) is 24.2 Å². The summed E-state index contributed by atoms with van der Waals surface area (Å²) in [6.45, 7) is 0. The lowest BCUT2D eigenvalue weighted by Gasteiger charge is -2.10. The highest BCUT2D eigenvalue weighted by Crippen LogP contribution is 2.26. The summed E-state index contributed by atoms with van der Waals surface area (Å²) < 4.78 is 40.4. The van der Waals surface area contributed by atoms with E-state index in [1.54, 1.807) is 12.1 Å². The Morgan fingerprint density at radius 3 is 2.57 bits per heavy atom. The standard InChI is InChI=1S/C15H15FN2O2S/c16-14-9-12(5-7-15(14)17)18-21(19,20)13-6-4-10-2-1-3-11(10)8-13/h4-9,18H,1-3,17H2. The van der Waals surface area contributed by atoms with Gasteiger partial charge in [0.25, 0.3) is 10.0 Å². The highest BCUT2D eigenvalue weighted by molar-refractivity contribution is 7.92. The van der Waals surface area contributed by atoms with Crippen molar-refractivity contribution in [3.8, 4) is 0 Å². The fraction of sp³-hybridized carbons (Fsp3) is 0.200. The summed E-state index contributed by atoms with van der Waals surface area (Å²) in [7, 11) is -3.72. The Labute approximate surface area is 122 Å². The summed E-state index contributed by atoms with van der Waals surface area (Å²) in [4.78, 5) is 0.195. The molecule has 0 unspecified atom stereocenters. The zero-order valence-corrected chi connectivity index (χ0v) is 12.1. The quantitative estimate of drug-likeness (QED) is 0.856. The Balaban J connectivity index is 1.91. The number of rotatable bonds is 3. The van der Waals surface area contributed by atoms with E-state index in [0.29, 0.717) is 0 Å². The monoisotopic (exact) mass is 306 g/mol. The van der Waals surface area contributed by atoms with Crippen LogP contribution in [-0.2, 0) is 22.9 Å². The smallest absolute Gasteiger partial charge is 0.261 e. The van der Waals surface area contributed by atoms with Crippen LogP contribution in [0.4, 0.5) is 15.8 Å². The van der Waals surface area contributed by atoms with Crippen LogP contribution in [0.1, 0.15) is 17.5 Å². The molecule has 0 heterocycles. The molecule has 1 aliphatic carbocycles. The van der Waals surface area contributed by atoms with Crippen LogP contribution in [-0.4, -0.2) is 8.42 Å². The fourth-order valence-electron chi connectivity index (χ4n) is 2.52. The number of hydrogen-bond acceptors (Lipinski definition) is 3. The van der Waals surface area contributed by atoms with Crippen LogP contribution >= 0.6 is 0 Å². The molecule has 1 aliphatic rings. The van der Waals surface area contributed by atoms with Gasteiger partial charge in [-0.1, -0.05) is 6.07 Å². The Hall–Kier alpha value is -2.08. The minimum Gasteiger partial charge on any atom is -0.396 e. The molecule has 110 valence electrons. The van der Waals surface area contributed by atoms with Gasteiger partial charge in [-0.3, -0.25) is 4.72 Å². The van der Waals surface area contributed by atoms with Crippen LogP contribution in [0.15, 0.2) is 41.3 Å². The van der Waals surface area contributed by atoms with Crippen LogP contribution in [0, 0.1) is 5.82 Å². The van der Waals surface area contributed by atoms with Gasteiger partial charge in [-0.2, -0.15) is 0 Å². The van der Waals surface area contributed by atoms with Crippen LogP contribution in [0.25, 0.3) is 0 Å². The van der Waals surface area contributed by atoms with E-state index in [4.69, 9.17) is 5.73 Å². The van der Waals surface area contributed by atoms with E-state index < -0.39 is 15.8 Å². The summed E-state index contributed by atoms with van der Waals surface area (Å²) in [6, 6.07) is 8.96. The molecular weight excluding hydrogens is 291 g/mol. The molecule has 0 fully saturated rings. The number of fused-ring (bicyclic) bond motifs is 1. The van der Waals surface area contributed by atoms with E-state index in [9.17, 15) is 12.8 Å². The van der Waals surface area contributed by atoms with Crippen molar-refractivity contribution in [1.29, 1.82) is 0 Å². The number of nitrogen functional groups attached to an aromatic ring is 1. The molecule has 0 saturated heterocycles. The molecule has 0 aromatic heterocycles. The van der Waals surface area contributed by atoms with Gasteiger partial charge in [0.05, 0.1) is 16.3 Å². The van der Waals surface area contributed by atoms with Crippen LogP contribution in [0.3, 0.4) is 0 Å². The Kier molecular flexibility index (Phi) is 3.33. The Morgan fingerprint density at radius 2 is 1.81 bits per heavy atom. The van der Waals surface area contributed by atoms with Gasteiger partial charge in [-0.25, -0.2) is 12.8 Å². The third-order valence-corrected chi connectivity index (χ3v) is 5.01.